The van der Waals surface area contributed by atoms with E-state index in [4.69, 9.17) is 9.47 Å². The molecule has 9 atom stereocenters. The number of hydrogen-bond acceptors (Lipinski definition) is 7. The molecule has 3 N–H and O–H groups in total. The van der Waals surface area contributed by atoms with Crippen LogP contribution in [0, 0.1) is 40.4 Å². The second-order valence-corrected chi connectivity index (χ2v) is 18.2. The SMILES string of the molecule is C[C@H](CCCc1ccccc1)CC[C@H](O)[C@]12C([C@H](OC(=O)C3CCCCC3)C[C@H](C)[C@]1(O)CCC1=CC(=O)OC1)[C@](C)(C1CCCCC1)CC[C@@H]2O. The highest BCUT2D eigenvalue weighted by Crippen LogP contribution is 2.69. The molecule has 0 radical (unpaired) electrons. The summed E-state index contributed by atoms with van der Waals surface area (Å²) in [6.45, 7) is 6.84. The second kappa shape index (κ2) is 17.1. The van der Waals surface area contributed by atoms with Crippen LogP contribution in [0.2, 0.25) is 0 Å². The van der Waals surface area contributed by atoms with Gasteiger partial charge in [-0.05, 0) is 118 Å². The van der Waals surface area contributed by atoms with Gasteiger partial charge in [0.25, 0.3) is 0 Å². The zero-order chi connectivity index (χ0) is 36.9. The van der Waals surface area contributed by atoms with Crippen LogP contribution in [0.1, 0.15) is 148 Å². The molecule has 0 saturated heterocycles. The summed E-state index contributed by atoms with van der Waals surface area (Å²) < 4.78 is 12.0. The maximum Gasteiger partial charge on any atom is 0.331 e. The number of hydrogen-bond donors (Lipinski definition) is 3. The van der Waals surface area contributed by atoms with Crippen LogP contribution in [-0.4, -0.2) is 57.8 Å². The first-order chi connectivity index (χ1) is 25.0. The minimum atomic E-state index is -1.45. The monoisotopic (exact) mass is 720 g/mol. The van der Waals surface area contributed by atoms with E-state index in [-0.39, 0.29) is 35.8 Å². The second-order valence-electron chi connectivity index (χ2n) is 18.2. The first-order valence-electron chi connectivity index (χ1n) is 21.2. The largest absolute Gasteiger partial charge is 0.462 e. The minimum Gasteiger partial charge on any atom is -0.462 e. The van der Waals surface area contributed by atoms with E-state index in [0.29, 0.717) is 43.9 Å². The van der Waals surface area contributed by atoms with E-state index < -0.39 is 35.2 Å². The number of benzene rings is 1. The Labute approximate surface area is 313 Å². The van der Waals surface area contributed by atoms with E-state index in [2.05, 4.69) is 38.1 Å². The summed E-state index contributed by atoms with van der Waals surface area (Å²) in [7, 11) is 0. The number of cyclic esters (lactones) is 1. The summed E-state index contributed by atoms with van der Waals surface area (Å²) in [6, 6.07) is 10.6. The third kappa shape index (κ3) is 7.94. The molecular formula is C45H68O7. The van der Waals surface area contributed by atoms with Crippen molar-refractivity contribution >= 4 is 11.9 Å². The van der Waals surface area contributed by atoms with Gasteiger partial charge in [-0.25, -0.2) is 4.79 Å². The van der Waals surface area contributed by atoms with Crippen molar-refractivity contribution in [3.05, 3.63) is 47.5 Å². The maximum absolute atomic E-state index is 14.0. The standard InChI is InChI=1S/C45H68O7/c1-31(14-13-17-33-15-7-4-8-16-33)22-23-38(46)45-39(47)25-26-43(3,36-20-11-6-12-21-36)41(45)37(52-42(49)35-18-9-5-10-19-35)28-32(2)44(45,50)27-24-34-29-40(48)51-30-34/h4,7-8,15-16,29,31-32,35-39,41,46-47,50H,5-6,9-14,17-28,30H2,1-3H3/t31-,32+,37-,38+,39+,41?,43+,44-,45+/m1/s1. The number of ether oxygens (including phenoxy) is 2. The molecule has 4 saturated carbocycles. The Morgan fingerprint density at radius 2 is 1.65 bits per heavy atom. The van der Waals surface area contributed by atoms with Crippen LogP contribution in [0.15, 0.2) is 42.0 Å². The Balaban J connectivity index is 1.36. The van der Waals surface area contributed by atoms with Gasteiger partial charge in [0.1, 0.15) is 12.7 Å². The summed E-state index contributed by atoms with van der Waals surface area (Å²) >= 11 is 0. The smallest absolute Gasteiger partial charge is 0.331 e. The van der Waals surface area contributed by atoms with E-state index in [0.717, 1.165) is 95.5 Å². The fourth-order valence-corrected chi connectivity index (χ4v) is 12.1. The normalized spacial score (nSPS) is 35.7. The van der Waals surface area contributed by atoms with Crippen molar-refractivity contribution in [2.45, 2.75) is 173 Å². The summed E-state index contributed by atoms with van der Waals surface area (Å²) in [5.41, 5.74) is -0.920. The van der Waals surface area contributed by atoms with Crippen LogP contribution in [0.5, 0.6) is 0 Å². The van der Waals surface area contributed by atoms with Crippen molar-refractivity contribution in [1.29, 1.82) is 0 Å². The molecule has 0 amide bonds. The molecule has 6 rings (SSSR count). The number of aliphatic hydroxyl groups excluding tert-OH is 2. The van der Waals surface area contributed by atoms with Gasteiger partial charge in [-0.3, -0.25) is 4.79 Å². The molecule has 4 fully saturated rings. The molecule has 7 nitrogen and oxygen atoms in total. The lowest BCUT2D eigenvalue weighted by Crippen LogP contribution is -2.77. The predicted octanol–water partition coefficient (Wildman–Crippen LogP) is 8.66. The molecule has 52 heavy (non-hydrogen) atoms. The number of fused-ring (bicyclic) bond motifs is 1. The summed E-state index contributed by atoms with van der Waals surface area (Å²) in [5, 5.41) is 39.1. The first kappa shape index (κ1) is 39.5. The molecule has 5 aliphatic rings. The summed E-state index contributed by atoms with van der Waals surface area (Å²) in [4.78, 5) is 26.1. The minimum absolute atomic E-state index is 0.109. The van der Waals surface area contributed by atoms with Crippen LogP contribution in [0.3, 0.4) is 0 Å². The lowest BCUT2D eigenvalue weighted by atomic mass is 9.37. The van der Waals surface area contributed by atoms with Crippen LogP contribution < -0.4 is 0 Å². The number of carbonyl (C=O) groups excluding carboxylic acids is 2. The van der Waals surface area contributed by atoms with Gasteiger partial charge in [0, 0.05) is 12.0 Å². The van der Waals surface area contributed by atoms with Gasteiger partial charge < -0.3 is 24.8 Å². The average molecular weight is 721 g/mol. The van der Waals surface area contributed by atoms with Crippen LogP contribution in [0.25, 0.3) is 0 Å². The number of esters is 2. The van der Waals surface area contributed by atoms with Gasteiger partial charge in [0.2, 0.25) is 0 Å². The van der Waals surface area contributed by atoms with Gasteiger partial charge in [-0.2, -0.15) is 0 Å². The summed E-state index contributed by atoms with van der Waals surface area (Å²) in [5.74, 6) is -0.631. The highest BCUT2D eigenvalue weighted by molar-refractivity contribution is 5.85. The summed E-state index contributed by atoms with van der Waals surface area (Å²) in [6.07, 6.45) is 16.6. The van der Waals surface area contributed by atoms with Crippen molar-refractivity contribution in [3.63, 3.8) is 0 Å². The number of aryl methyl sites for hydroxylation is 1. The molecule has 1 aliphatic heterocycles. The third-order valence-electron chi connectivity index (χ3n) is 15.0. The van der Waals surface area contributed by atoms with E-state index in [1.54, 1.807) is 0 Å². The molecule has 1 aromatic rings. The molecular weight excluding hydrogens is 652 g/mol. The fraction of sp³-hybridized carbons (Fsp3) is 0.778. The van der Waals surface area contributed by atoms with E-state index in [9.17, 15) is 24.9 Å². The van der Waals surface area contributed by atoms with Crippen molar-refractivity contribution in [3.8, 4) is 0 Å². The van der Waals surface area contributed by atoms with Crippen LogP contribution in [0.4, 0.5) is 0 Å². The first-order valence-corrected chi connectivity index (χ1v) is 21.2. The topological polar surface area (TPSA) is 113 Å². The Morgan fingerprint density at radius 1 is 0.962 bits per heavy atom. The lowest BCUT2D eigenvalue weighted by molar-refractivity contribution is -0.327. The molecule has 0 spiro atoms. The van der Waals surface area contributed by atoms with Gasteiger partial charge in [-0.15, -0.1) is 0 Å². The van der Waals surface area contributed by atoms with Crippen molar-refractivity contribution < 1.29 is 34.4 Å². The number of aliphatic hydroxyl groups is 3. The molecule has 0 aromatic heterocycles. The van der Waals surface area contributed by atoms with E-state index >= 15 is 0 Å². The zero-order valence-electron chi connectivity index (χ0n) is 32.4. The molecule has 1 aromatic carbocycles. The van der Waals surface area contributed by atoms with E-state index in [1.807, 2.05) is 13.0 Å². The highest BCUT2D eigenvalue weighted by Gasteiger charge is 2.74. The third-order valence-corrected chi connectivity index (χ3v) is 15.0. The Bertz CT molecular complexity index is 1360. The van der Waals surface area contributed by atoms with Crippen LogP contribution in [-0.2, 0) is 25.5 Å². The molecule has 1 heterocycles. The van der Waals surface area contributed by atoms with Gasteiger partial charge in [0.15, 0.2) is 0 Å². The van der Waals surface area contributed by atoms with Crippen molar-refractivity contribution in [2.75, 3.05) is 6.61 Å². The van der Waals surface area contributed by atoms with E-state index in [1.165, 1.54) is 18.1 Å². The average Bonchev–Trinajstić information content (AvgIpc) is 3.58. The molecule has 290 valence electrons. The van der Waals surface area contributed by atoms with Gasteiger partial charge in [0.05, 0.1) is 29.1 Å². The molecule has 7 heteroatoms. The Morgan fingerprint density at radius 3 is 2.33 bits per heavy atom. The van der Waals surface area contributed by atoms with Gasteiger partial charge in [-0.1, -0.05) is 96.0 Å². The molecule has 1 unspecified atom stereocenters. The van der Waals surface area contributed by atoms with Gasteiger partial charge >= 0.3 is 11.9 Å². The van der Waals surface area contributed by atoms with Crippen molar-refractivity contribution in [2.24, 2.45) is 40.4 Å². The Kier molecular flexibility index (Phi) is 13.0. The van der Waals surface area contributed by atoms with Crippen LogP contribution >= 0.6 is 0 Å². The lowest BCUT2D eigenvalue weighted by Gasteiger charge is -2.70. The van der Waals surface area contributed by atoms with Crippen molar-refractivity contribution in [1.82, 2.24) is 0 Å². The Hall–Kier alpha value is -2.22. The number of rotatable bonds is 14. The molecule has 4 aliphatic carbocycles. The maximum atomic E-state index is 14.0. The zero-order valence-corrected chi connectivity index (χ0v) is 32.4. The molecule has 0 bridgehead atoms. The quantitative estimate of drug-likeness (QED) is 0.165. The highest BCUT2D eigenvalue weighted by atomic mass is 16.5. The number of carbonyl (C=O) groups is 2. The predicted molar refractivity (Wildman–Crippen MR) is 203 cm³/mol. The fourth-order valence-electron chi connectivity index (χ4n) is 12.1.